The van der Waals surface area contributed by atoms with E-state index in [2.05, 4.69) is 16.0 Å². The molecule has 0 saturated carbocycles. The number of halogens is 4. The zero-order chi connectivity index (χ0) is 30.6. The molecule has 4 aromatic rings. The number of ether oxygens (including phenoxy) is 2. The maximum absolute atomic E-state index is 12.8. The number of amides is 2. The van der Waals surface area contributed by atoms with Crippen LogP contribution in [-0.2, 0) is 12.6 Å². The van der Waals surface area contributed by atoms with E-state index in [4.69, 9.17) is 26.1 Å². The normalized spacial score (nSPS) is 14.3. The van der Waals surface area contributed by atoms with Crippen LogP contribution < -0.4 is 25.4 Å². The van der Waals surface area contributed by atoms with Crippen LogP contribution in [0.5, 0.6) is 11.5 Å². The summed E-state index contributed by atoms with van der Waals surface area (Å²) in [5.74, 6) is 1.95. The molecule has 7 nitrogen and oxygen atoms in total. The van der Waals surface area contributed by atoms with Gasteiger partial charge in [0, 0.05) is 40.1 Å². The van der Waals surface area contributed by atoms with Crippen molar-refractivity contribution in [2.75, 3.05) is 36.7 Å². The van der Waals surface area contributed by atoms with Crippen LogP contribution in [-0.4, -0.2) is 32.6 Å². The van der Waals surface area contributed by atoms with Gasteiger partial charge >= 0.3 is 12.2 Å². The number of anilines is 3. The maximum Gasteiger partial charge on any atom is 0.416 e. The average molecular weight is 609 g/mol. The molecule has 0 saturated heterocycles. The summed E-state index contributed by atoms with van der Waals surface area (Å²) in [6.07, 6.45) is -3.77. The maximum atomic E-state index is 12.8. The van der Waals surface area contributed by atoms with E-state index in [0.717, 1.165) is 34.5 Å². The lowest BCUT2D eigenvalue weighted by atomic mass is 9.86. The van der Waals surface area contributed by atoms with Gasteiger partial charge in [0.05, 0.1) is 19.8 Å². The molecule has 11 heteroatoms. The number of rotatable bonds is 7. The number of carbonyl (C=O) groups excluding carboxylic acids is 1. The van der Waals surface area contributed by atoms with Gasteiger partial charge < -0.3 is 25.4 Å². The van der Waals surface area contributed by atoms with Crippen LogP contribution in [0.15, 0.2) is 89.9 Å². The Morgan fingerprint density at radius 1 is 0.884 bits per heavy atom. The number of benzene rings is 4. The number of urea groups is 1. The van der Waals surface area contributed by atoms with E-state index in [1.54, 1.807) is 32.4 Å². The van der Waals surface area contributed by atoms with Crippen LogP contribution in [0.25, 0.3) is 0 Å². The number of methoxy groups -OCH3 is 2. The van der Waals surface area contributed by atoms with Gasteiger partial charge in [0.1, 0.15) is 5.84 Å². The van der Waals surface area contributed by atoms with E-state index in [9.17, 15) is 18.0 Å². The molecule has 222 valence electrons. The van der Waals surface area contributed by atoms with Gasteiger partial charge in [-0.15, -0.1) is 0 Å². The standard InChI is InChI=1S/C32H28ClF3N4O3/c1-42-28-16-26-20(18-37-30(27(26)17-29(28)43-2)38-25-5-3-4-22(33)15-25)14-19-6-10-23(11-7-19)39-31(41)40-24-12-8-21(9-13-24)32(34,35)36/h3-13,15-17,20H,14,18H2,1-2H3,(H,37,38)(H2,39,40,41). The van der Waals surface area contributed by atoms with Gasteiger partial charge in [0.15, 0.2) is 11.5 Å². The second-order valence-corrected chi connectivity index (χ2v) is 10.3. The zero-order valence-electron chi connectivity index (χ0n) is 23.3. The first-order valence-corrected chi connectivity index (χ1v) is 13.7. The molecule has 1 heterocycles. The first kappa shape index (κ1) is 29.8. The van der Waals surface area contributed by atoms with Crippen LogP contribution in [0.4, 0.5) is 35.0 Å². The Bertz CT molecular complexity index is 1640. The second kappa shape index (κ2) is 12.7. The van der Waals surface area contributed by atoms with E-state index in [1.807, 2.05) is 42.5 Å². The van der Waals surface area contributed by atoms with Crippen LogP contribution >= 0.6 is 11.6 Å². The molecule has 0 bridgehead atoms. The van der Waals surface area contributed by atoms with Crippen molar-refractivity contribution in [2.24, 2.45) is 4.99 Å². The third-order valence-corrected chi connectivity index (χ3v) is 7.21. The fourth-order valence-electron chi connectivity index (χ4n) is 4.85. The van der Waals surface area contributed by atoms with Crippen LogP contribution in [0, 0.1) is 0 Å². The number of aliphatic imine (C=N–C) groups is 1. The monoisotopic (exact) mass is 608 g/mol. The highest BCUT2D eigenvalue weighted by Crippen LogP contribution is 2.38. The van der Waals surface area contributed by atoms with Crippen molar-refractivity contribution in [2.45, 2.75) is 18.5 Å². The summed E-state index contributed by atoms with van der Waals surface area (Å²) in [6.45, 7) is 0.529. The van der Waals surface area contributed by atoms with E-state index >= 15 is 0 Å². The largest absolute Gasteiger partial charge is 0.493 e. The molecule has 1 aliphatic rings. The highest BCUT2D eigenvalue weighted by Gasteiger charge is 2.30. The molecule has 5 rings (SSSR count). The first-order valence-electron chi connectivity index (χ1n) is 13.3. The lowest BCUT2D eigenvalue weighted by molar-refractivity contribution is -0.137. The highest BCUT2D eigenvalue weighted by molar-refractivity contribution is 6.31. The lowest BCUT2D eigenvalue weighted by Gasteiger charge is -2.27. The number of carbonyl (C=O) groups is 1. The minimum Gasteiger partial charge on any atom is -0.493 e. The smallest absolute Gasteiger partial charge is 0.416 e. The summed E-state index contributed by atoms with van der Waals surface area (Å²) in [5, 5.41) is 9.23. The molecule has 4 aromatic carbocycles. The van der Waals surface area contributed by atoms with Crippen LogP contribution in [0.2, 0.25) is 5.02 Å². The van der Waals surface area contributed by atoms with Crippen molar-refractivity contribution in [3.05, 3.63) is 112 Å². The van der Waals surface area contributed by atoms with E-state index < -0.39 is 17.8 Å². The summed E-state index contributed by atoms with van der Waals surface area (Å²) in [4.78, 5) is 17.3. The topological polar surface area (TPSA) is 84.0 Å². The molecular weight excluding hydrogens is 581 g/mol. The van der Waals surface area contributed by atoms with Gasteiger partial charge in [0.25, 0.3) is 0 Å². The van der Waals surface area contributed by atoms with Crippen molar-refractivity contribution in [3.8, 4) is 11.5 Å². The van der Waals surface area contributed by atoms with E-state index in [-0.39, 0.29) is 11.6 Å². The predicted molar refractivity (Wildman–Crippen MR) is 163 cm³/mol. The minimum absolute atomic E-state index is 0.0431. The number of alkyl halides is 3. The Balaban J connectivity index is 1.29. The van der Waals surface area contributed by atoms with Crippen molar-refractivity contribution < 1.29 is 27.4 Å². The number of hydrogen-bond acceptors (Lipinski definition) is 5. The lowest BCUT2D eigenvalue weighted by Crippen LogP contribution is -2.25. The molecule has 1 aliphatic heterocycles. The van der Waals surface area contributed by atoms with E-state index in [1.165, 1.54) is 12.1 Å². The molecule has 0 fully saturated rings. The number of fused-ring (bicyclic) bond motifs is 1. The molecule has 1 atom stereocenters. The fraction of sp³-hybridized carbons (Fsp3) is 0.188. The first-order chi connectivity index (χ1) is 20.6. The molecule has 43 heavy (non-hydrogen) atoms. The average Bonchev–Trinajstić information content (AvgIpc) is 2.98. The summed E-state index contributed by atoms with van der Waals surface area (Å²) in [6, 6.07) is 22.4. The quantitative estimate of drug-likeness (QED) is 0.197. The number of nitrogens with zero attached hydrogens (tertiary/aromatic N) is 1. The molecular formula is C32H28ClF3N4O3. The molecule has 0 spiro atoms. The van der Waals surface area contributed by atoms with Crippen LogP contribution in [0.1, 0.15) is 28.2 Å². The molecule has 1 unspecified atom stereocenters. The number of amidine groups is 1. The molecule has 0 aromatic heterocycles. The summed E-state index contributed by atoms with van der Waals surface area (Å²) in [7, 11) is 3.19. The van der Waals surface area contributed by atoms with Gasteiger partial charge in [-0.2, -0.15) is 13.2 Å². The fourth-order valence-corrected chi connectivity index (χ4v) is 5.04. The Labute approximate surface area is 251 Å². The van der Waals surface area contributed by atoms with Crippen molar-refractivity contribution in [1.82, 2.24) is 0 Å². The Morgan fingerprint density at radius 2 is 1.51 bits per heavy atom. The van der Waals surface area contributed by atoms with Gasteiger partial charge in [0.2, 0.25) is 0 Å². The number of nitrogens with one attached hydrogen (secondary N) is 3. The second-order valence-electron chi connectivity index (χ2n) is 9.87. The summed E-state index contributed by atoms with van der Waals surface area (Å²) < 4.78 is 49.5. The van der Waals surface area contributed by atoms with E-state index in [0.29, 0.717) is 41.0 Å². The molecule has 0 radical (unpaired) electrons. The SMILES string of the molecule is COc1cc2c(cc1OC)C(Cc1ccc(NC(=O)Nc3ccc(C(F)(F)F)cc3)cc1)CN=C2Nc1cccc(Cl)c1. The number of hydrogen-bond donors (Lipinski definition) is 3. The summed E-state index contributed by atoms with van der Waals surface area (Å²) in [5.41, 5.74) is 3.79. The molecule has 0 aliphatic carbocycles. The van der Waals surface area contributed by atoms with Gasteiger partial charge in [-0.05, 0) is 84.3 Å². The van der Waals surface area contributed by atoms with Gasteiger partial charge in [-0.3, -0.25) is 4.99 Å². The summed E-state index contributed by atoms with van der Waals surface area (Å²) >= 11 is 6.18. The van der Waals surface area contributed by atoms with Crippen molar-refractivity contribution >= 4 is 40.5 Å². The van der Waals surface area contributed by atoms with Gasteiger partial charge in [-0.1, -0.05) is 29.8 Å². The van der Waals surface area contributed by atoms with Crippen molar-refractivity contribution in [3.63, 3.8) is 0 Å². The molecule has 3 N–H and O–H groups in total. The van der Waals surface area contributed by atoms with Crippen LogP contribution in [0.3, 0.4) is 0 Å². The third kappa shape index (κ3) is 7.21. The zero-order valence-corrected chi connectivity index (χ0v) is 24.0. The Morgan fingerprint density at radius 3 is 2.12 bits per heavy atom. The predicted octanol–water partition coefficient (Wildman–Crippen LogP) is 8.22. The third-order valence-electron chi connectivity index (χ3n) is 6.97. The van der Waals surface area contributed by atoms with Crippen molar-refractivity contribution in [1.29, 1.82) is 0 Å². The highest BCUT2D eigenvalue weighted by atomic mass is 35.5. The Kier molecular flexibility index (Phi) is 8.77. The van der Waals surface area contributed by atoms with Gasteiger partial charge in [-0.25, -0.2) is 4.79 Å². The molecule has 2 amide bonds. The minimum atomic E-state index is -4.44. The Hall–Kier alpha value is -4.70.